The Labute approximate surface area is 143 Å². The average Bonchev–Trinajstić information content (AvgIpc) is 2.31. The van der Waals surface area contributed by atoms with Gasteiger partial charge in [-0.05, 0) is 59.2 Å². The number of ether oxygens (including phenoxy) is 2. The van der Waals surface area contributed by atoms with Crippen LogP contribution >= 0.6 is 11.6 Å². The van der Waals surface area contributed by atoms with Gasteiger partial charge in [-0.1, -0.05) is 23.7 Å². The first-order valence-corrected chi connectivity index (χ1v) is 7.95. The van der Waals surface area contributed by atoms with Gasteiger partial charge in [0.2, 0.25) is 0 Å². The number of hydrogen-bond acceptors (Lipinski definition) is 4. The van der Waals surface area contributed by atoms with Crippen LogP contribution in [0.5, 0.6) is 0 Å². The molecule has 128 valence electrons. The third kappa shape index (κ3) is 7.51. The lowest BCUT2D eigenvalue weighted by atomic mass is 9.95. The van der Waals surface area contributed by atoms with Crippen LogP contribution in [-0.2, 0) is 19.1 Å². The SMILES string of the molecule is CC(C)(C)OC(=O)C[C@H](C(=O)OC(C)(C)C)c1cccc(Cl)c1. The van der Waals surface area contributed by atoms with Crippen molar-refractivity contribution in [2.75, 3.05) is 0 Å². The molecule has 0 aliphatic rings. The maximum absolute atomic E-state index is 12.5. The number of halogens is 1. The van der Waals surface area contributed by atoms with Crippen LogP contribution in [0.15, 0.2) is 24.3 Å². The summed E-state index contributed by atoms with van der Waals surface area (Å²) >= 11 is 6.00. The van der Waals surface area contributed by atoms with Crippen molar-refractivity contribution in [1.29, 1.82) is 0 Å². The van der Waals surface area contributed by atoms with E-state index in [0.29, 0.717) is 10.6 Å². The molecule has 0 saturated heterocycles. The smallest absolute Gasteiger partial charge is 0.314 e. The van der Waals surface area contributed by atoms with E-state index in [4.69, 9.17) is 21.1 Å². The minimum absolute atomic E-state index is 0.0907. The molecule has 0 saturated carbocycles. The van der Waals surface area contributed by atoms with Gasteiger partial charge in [-0.3, -0.25) is 9.59 Å². The Hall–Kier alpha value is -1.55. The van der Waals surface area contributed by atoms with Crippen LogP contribution in [0.1, 0.15) is 59.4 Å². The van der Waals surface area contributed by atoms with E-state index in [1.54, 1.807) is 65.8 Å². The number of rotatable bonds is 4. The standard InChI is InChI=1S/C18H25ClO4/c1-17(2,3)22-15(20)11-14(16(21)23-18(4,5)6)12-8-7-9-13(19)10-12/h7-10,14H,11H2,1-6H3/t14-/m0/s1. The van der Waals surface area contributed by atoms with Crippen LogP contribution < -0.4 is 0 Å². The molecule has 0 aliphatic heterocycles. The van der Waals surface area contributed by atoms with Gasteiger partial charge in [-0.2, -0.15) is 0 Å². The molecule has 1 aromatic carbocycles. The van der Waals surface area contributed by atoms with Crippen LogP contribution in [0, 0.1) is 0 Å². The highest BCUT2D eigenvalue weighted by molar-refractivity contribution is 6.30. The Morgan fingerprint density at radius 2 is 1.61 bits per heavy atom. The molecule has 0 aromatic heterocycles. The topological polar surface area (TPSA) is 52.6 Å². The van der Waals surface area contributed by atoms with Crippen LogP contribution in [0.2, 0.25) is 5.02 Å². The molecule has 0 heterocycles. The van der Waals surface area contributed by atoms with Crippen molar-refractivity contribution < 1.29 is 19.1 Å². The van der Waals surface area contributed by atoms with Crippen molar-refractivity contribution in [3.05, 3.63) is 34.9 Å². The van der Waals surface area contributed by atoms with Gasteiger partial charge < -0.3 is 9.47 Å². The Bertz CT molecular complexity index is 567. The lowest BCUT2D eigenvalue weighted by Crippen LogP contribution is -2.31. The van der Waals surface area contributed by atoms with Gasteiger partial charge in [0.1, 0.15) is 11.2 Å². The zero-order valence-corrected chi connectivity index (χ0v) is 15.4. The summed E-state index contributed by atoms with van der Waals surface area (Å²) < 4.78 is 10.8. The molecule has 0 unspecified atom stereocenters. The molecule has 1 rings (SSSR count). The summed E-state index contributed by atoms with van der Waals surface area (Å²) in [6.07, 6.45) is -0.0907. The van der Waals surface area contributed by atoms with Crippen LogP contribution in [0.25, 0.3) is 0 Å². The van der Waals surface area contributed by atoms with Crippen molar-refractivity contribution in [3.63, 3.8) is 0 Å². The molecule has 4 nitrogen and oxygen atoms in total. The molecule has 23 heavy (non-hydrogen) atoms. The maximum Gasteiger partial charge on any atom is 0.314 e. The first-order chi connectivity index (χ1) is 10.4. The average molecular weight is 341 g/mol. The summed E-state index contributed by atoms with van der Waals surface area (Å²) in [6, 6.07) is 6.88. The Balaban J connectivity index is 3.02. The van der Waals surface area contributed by atoms with Gasteiger partial charge in [0.25, 0.3) is 0 Å². The van der Waals surface area contributed by atoms with E-state index < -0.39 is 29.1 Å². The number of carbonyl (C=O) groups is 2. The Morgan fingerprint density at radius 3 is 2.09 bits per heavy atom. The summed E-state index contributed by atoms with van der Waals surface area (Å²) in [5.41, 5.74) is -0.608. The normalized spacial score (nSPS) is 13.3. The first kappa shape index (κ1) is 19.5. The quantitative estimate of drug-likeness (QED) is 0.757. The second-order valence-corrected chi connectivity index (χ2v) is 7.87. The molecular formula is C18H25ClO4. The van der Waals surface area contributed by atoms with Crippen LogP contribution in [-0.4, -0.2) is 23.1 Å². The van der Waals surface area contributed by atoms with Gasteiger partial charge in [-0.25, -0.2) is 0 Å². The Kier molecular flexibility index (Phi) is 6.23. The highest BCUT2D eigenvalue weighted by Gasteiger charge is 2.30. The van der Waals surface area contributed by atoms with Crippen molar-refractivity contribution in [2.24, 2.45) is 0 Å². The lowest BCUT2D eigenvalue weighted by molar-refractivity contribution is -0.164. The van der Waals surface area contributed by atoms with Crippen molar-refractivity contribution in [1.82, 2.24) is 0 Å². The highest BCUT2D eigenvalue weighted by Crippen LogP contribution is 2.27. The van der Waals surface area contributed by atoms with Gasteiger partial charge in [0.15, 0.2) is 0 Å². The van der Waals surface area contributed by atoms with Crippen LogP contribution in [0.3, 0.4) is 0 Å². The third-order valence-corrected chi connectivity index (χ3v) is 2.97. The third-order valence-electron chi connectivity index (χ3n) is 2.73. The zero-order valence-electron chi connectivity index (χ0n) is 14.6. The lowest BCUT2D eigenvalue weighted by Gasteiger charge is -2.25. The summed E-state index contributed by atoms with van der Waals surface area (Å²) in [4.78, 5) is 24.6. The molecule has 1 aromatic rings. The zero-order chi connectivity index (χ0) is 17.8. The van der Waals surface area contributed by atoms with Gasteiger partial charge in [0, 0.05) is 5.02 Å². The van der Waals surface area contributed by atoms with E-state index in [-0.39, 0.29) is 6.42 Å². The second kappa shape index (κ2) is 7.35. The number of esters is 2. The molecule has 0 N–H and O–H groups in total. The van der Waals surface area contributed by atoms with E-state index in [9.17, 15) is 9.59 Å². The van der Waals surface area contributed by atoms with Crippen molar-refractivity contribution in [2.45, 2.75) is 65.1 Å². The summed E-state index contributed by atoms with van der Waals surface area (Å²) in [5, 5.41) is 0.500. The molecular weight excluding hydrogens is 316 g/mol. The second-order valence-electron chi connectivity index (χ2n) is 7.43. The summed E-state index contributed by atoms with van der Waals surface area (Å²) in [5.74, 6) is -1.67. The largest absolute Gasteiger partial charge is 0.460 e. The predicted octanol–water partition coefficient (Wildman–Crippen LogP) is 4.50. The minimum Gasteiger partial charge on any atom is -0.460 e. The highest BCUT2D eigenvalue weighted by atomic mass is 35.5. The van der Waals surface area contributed by atoms with Gasteiger partial charge in [0.05, 0.1) is 12.3 Å². The molecule has 0 bridgehead atoms. The van der Waals surface area contributed by atoms with E-state index in [0.717, 1.165) is 0 Å². The van der Waals surface area contributed by atoms with E-state index in [1.165, 1.54) is 0 Å². The van der Waals surface area contributed by atoms with Crippen molar-refractivity contribution >= 4 is 23.5 Å². The molecule has 0 amide bonds. The fourth-order valence-electron chi connectivity index (χ4n) is 1.98. The van der Waals surface area contributed by atoms with Crippen molar-refractivity contribution in [3.8, 4) is 0 Å². The van der Waals surface area contributed by atoms with E-state index in [1.807, 2.05) is 0 Å². The fraction of sp³-hybridized carbons (Fsp3) is 0.556. The van der Waals surface area contributed by atoms with Crippen LogP contribution in [0.4, 0.5) is 0 Å². The Morgan fingerprint density at radius 1 is 1.04 bits per heavy atom. The summed E-state index contributed by atoms with van der Waals surface area (Å²) in [7, 11) is 0. The number of carbonyl (C=O) groups excluding carboxylic acids is 2. The monoisotopic (exact) mass is 340 g/mol. The molecule has 0 radical (unpaired) electrons. The van der Waals surface area contributed by atoms with Gasteiger partial charge >= 0.3 is 11.9 Å². The molecule has 0 spiro atoms. The number of benzene rings is 1. The molecule has 5 heteroatoms. The molecule has 1 atom stereocenters. The van der Waals surface area contributed by atoms with E-state index >= 15 is 0 Å². The number of hydrogen-bond donors (Lipinski definition) is 0. The minimum atomic E-state index is -0.747. The first-order valence-electron chi connectivity index (χ1n) is 7.57. The maximum atomic E-state index is 12.5. The molecule has 0 fully saturated rings. The van der Waals surface area contributed by atoms with E-state index in [2.05, 4.69) is 0 Å². The summed E-state index contributed by atoms with van der Waals surface area (Å²) in [6.45, 7) is 10.7. The fourth-order valence-corrected chi connectivity index (χ4v) is 2.18. The molecule has 0 aliphatic carbocycles. The predicted molar refractivity (Wildman–Crippen MR) is 90.5 cm³/mol. The van der Waals surface area contributed by atoms with Gasteiger partial charge in [-0.15, -0.1) is 0 Å².